The molecule has 0 aliphatic carbocycles. The smallest absolute Gasteiger partial charge is 0.175 e. The topological polar surface area (TPSA) is 66.4 Å². The summed E-state index contributed by atoms with van der Waals surface area (Å²) in [5.41, 5.74) is 2.80. The van der Waals surface area contributed by atoms with Crippen molar-refractivity contribution in [1.82, 2.24) is 0 Å². The molecular weight excluding hydrogens is 286 g/mol. The molecule has 0 heterocycles. The third kappa shape index (κ3) is 4.31. The summed E-state index contributed by atoms with van der Waals surface area (Å²) in [5.74, 6) is 0. The molecule has 0 aromatic heterocycles. The van der Waals surface area contributed by atoms with Gasteiger partial charge in [0.25, 0.3) is 0 Å². The van der Waals surface area contributed by atoms with Gasteiger partial charge in [0.2, 0.25) is 0 Å². The van der Waals surface area contributed by atoms with E-state index in [1.54, 1.807) is 12.1 Å². The number of anilines is 1. The number of aliphatic hydroxyl groups is 1. The molecule has 0 saturated heterocycles. The normalized spacial score (nSPS) is 12.9. The molecule has 0 aliphatic heterocycles. The van der Waals surface area contributed by atoms with Gasteiger partial charge in [0.1, 0.15) is 0 Å². The van der Waals surface area contributed by atoms with Gasteiger partial charge in [-0.05, 0) is 36.8 Å². The lowest BCUT2D eigenvalue weighted by Crippen LogP contribution is -2.12. The number of aryl methyl sites for hydroxylation is 1. The predicted molar refractivity (Wildman–Crippen MR) is 84.2 cm³/mol. The van der Waals surface area contributed by atoms with E-state index in [1.165, 1.54) is 17.7 Å². The number of hydrogen-bond acceptors (Lipinski definition) is 4. The fourth-order valence-corrected chi connectivity index (χ4v) is 2.57. The quantitative estimate of drug-likeness (QED) is 0.891. The second kappa shape index (κ2) is 6.28. The second-order valence-corrected chi connectivity index (χ2v) is 7.12. The molecule has 4 nitrogen and oxygen atoms in total. The van der Waals surface area contributed by atoms with E-state index in [9.17, 15) is 13.5 Å². The van der Waals surface area contributed by atoms with Crippen LogP contribution >= 0.6 is 0 Å². The number of benzene rings is 2. The first-order valence-corrected chi connectivity index (χ1v) is 8.54. The van der Waals surface area contributed by atoms with Crippen LogP contribution < -0.4 is 5.32 Å². The fraction of sp³-hybridized carbons (Fsp3) is 0.250. The van der Waals surface area contributed by atoms with Crippen LogP contribution in [-0.4, -0.2) is 26.3 Å². The molecule has 1 atom stereocenters. The van der Waals surface area contributed by atoms with Crippen molar-refractivity contribution in [3.63, 3.8) is 0 Å². The van der Waals surface area contributed by atoms with Crippen molar-refractivity contribution in [2.24, 2.45) is 0 Å². The van der Waals surface area contributed by atoms with E-state index in [-0.39, 0.29) is 4.90 Å². The van der Waals surface area contributed by atoms with Crippen LogP contribution in [0.4, 0.5) is 5.69 Å². The van der Waals surface area contributed by atoms with Gasteiger partial charge in [-0.25, -0.2) is 8.42 Å². The van der Waals surface area contributed by atoms with Gasteiger partial charge in [0, 0.05) is 18.5 Å². The first kappa shape index (κ1) is 15.5. The lowest BCUT2D eigenvalue weighted by Gasteiger charge is -2.13. The molecule has 0 radical (unpaired) electrons. The molecule has 5 heteroatoms. The largest absolute Gasteiger partial charge is 0.387 e. The molecule has 0 fully saturated rings. The van der Waals surface area contributed by atoms with Gasteiger partial charge in [0.15, 0.2) is 9.84 Å². The summed E-state index contributed by atoms with van der Waals surface area (Å²) in [6.07, 6.45) is 0.470. The van der Waals surface area contributed by atoms with E-state index >= 15 is 0 Å². The number of sulfone groups is 1. The molecule has 2 rings (SSSR count). The van der Waals surface area contributed by atoms with Crippen LogP contribution in [0.25, 0.3) is 0 Å². The number of hydrogen-bond donors (Lipinski definition) is 2. The van der Waals surface area contributed by atoms with E-state index in [2.05, 4.69) is 5.32 Å². The van der Waals surface area contributed by atoms with Crippen molar-refractivity contribution in [3.05, 3.63) is 59.7 Å². The maximum Gasteiger partial charge on any atom is 0.175 e. The predicted octanol–water partition coefficient (Wildman–Crippen LogP) is 2.54. The fourth-order valence-electron chi connectivity index (χ4n) is 1.94. The summed E-state index contributed by atoms with van der Waals surface area (Å²) < 4.78 is 22.8. The Morgan fingerprint density at radius 3 is 2.14 bits per heavy atom. The Balaban J connectivity index is 2.00. The Kier molecular flexibility index (Phi) is 4.65. The molecule has 0 bridgehead atoms. The monoisotopic (exact) mass is 305 g/mol. The minimum Gasteiger partial charge on any atom is -0.387 e. The summed E-state index contributed by atoms with van der Waals surface area (Å²) in [4.78, 5) is 0.255. The molecule has 112 valence electrons. The van der Waals surface area contributed by atoms with E-state index in [0.717, 1.165) is 11.9 Å². The summed E-state index contributed by atoms with van der Waals surface area (Å²) in [7, 11) is -3.20. The van der Waals surface area contributed by atoms with Crippen LogP contribution in [0.5, 0.6) is 0 Å². The first-order valence-electron chi connectivity index (χ1n) is 6.65. The van der Waals surface area contributed by atoms with E-state index in [4.69, 9.17) is 0 Å². The lowest BCUT2D eigenvalue weighted by atomic mass is 10.1. The Labute approximate surface area is 125 Å². The number of rotatable bonds is 5. The van der Waals surface area contributed by atoms with Crippen LogP contribution in [0.1, 0.15) is 17.2 Å². The van der Waals surface area contributed by atoms with Gasteiger partial charge in [-0.3, -0.25) is 0 Å². The summed E-state index contributed by atoms with van der Waals surface area (Å²) >= 11 is 0. The van der Waals surface area contributed by atoms with Gasteiger partial charge in [-0.15, -0.1) is 0 Å². The summed E-state index contributed by atoms with van der Waals surface area (Å²) in [5, 5.41) is 13.3. The molecule has 2 aromatic carbocycles. The summed E-state index contributed by atoms with van der Waals surface area (Å²) in [6, 6.07) is 14.2. The molecule has 2 aromatic rings. The molecular formula is C16H19NO3S. The van der Waals surface area contributed by atoms with Crippen LogP contribution in [0, 0.1) is 6.92 Å². The van der Waals surface area contributed by atoms with E-state index < -0.39 is 15.9 Å². The Morgan fingerprint density at radius 2 is 1.62 bits per heavy atom. The Morgan fingerprint density at radius 1 is 1.05 bits per heavy atom. The maximum atomic E-state index is 11.4. The molecule has 0 saturated carbocycles. The zero-order valence-electron chi connectivity index (χ0n) is 12.1. The van der Waals surface area contributed by atoms with Crippen molar-refractivity contribution >= 4 is 15.5 Å². The van der Waals surface area contributed by atoms with E-state index in [1.807, 2.05) is 31.2 Å². The zero-order chi connectivity index (χ0) is 15.5. The van der Waals surface area contributed by atoms with Crippen LogP contribution in [0.2, 0.25) is 0 Å². The number of nitrogens with one attached hydrogen (secondary N) is 1. The highest BCUT2D eigenvalue weighted by Gasteiger charge is 2.10. The van der Waals surface area contributed by atoms with Crippen molar-refractivity contribution in [2.45, 2.75) is 17.9 Å². The molecule has 0 aliphatic rings. The minimum atomic E-state index is -3.20. The van der Waals surface area contributed by atoms with Crippen molar-refractivity contribution in [2.75, 3.05) is 18.1 Å². The van der Waals surface area contributed by atoms with Gasteiger partial charge in [0.05, 0.1) is 11.0 Å². The zero-order valence-corrected chi connectivity index (χ0v) is 12.9. The average molecular weight is 305 g/mol. The molecule has 21 heavy (non-hydrogen) atoms. The third-order valence-electron chi connectivity index (χ3n) is 3.24. The number of aliphatic hydroxyl groups excluding tert-OH is 1. The highest BCUT2D eigenvalue weighted by atomic mass is 32.2. The molecule has 0 amide bonds. The van der Waals surface area contributed by atoms with E-state index in [0.29, 0.717) is 12.1 Å². The molecule has 0 spiro atoms. The Bertz CT molecular complexity index is 691. The van der Waals surface area contributed by atoms with Gasteiger partial charge in [-0.2, -0.15) is 0 Å². The first-order chi connectivity index (χ1) is 9.86. The highest BCUT2D eigenvalue weighted by molar-refractivity contribution is 7.90. The third-order valence-corrected chi connectivity index (χ3v) is 4.37. The van der Waals surface area contributed by atoms with Gasteiger partial charge >= 0.3 is 0 Å². The van der Waals surface area contributed by atoms with Crippen LogP contribution in [0.3, 0.4) is 0 Å². The second-order valence-electron chi connectivity index (χ2n) is 5.10. The highest BCUT2D eigenvalue weighted by Crippen LogP contribution is 2.17. The minimum absolute atomic E-state index is 0.255. The van der Waals surface area contributed by atoms with Crippen molar-refractivity contribution in [1.29, 1.82) is 0 Å². The lowest BCUT2D eigenvalue weighted by molar-refractivity contribution is 0.191. The molecule has 2 N–H and O–H groups in total. The Hall–Kier alpha value is -1.85. The van der Waals surface area contributed by atoms with Crippen molar-refractivity contribution in [3.8, 4) is 0 Å². The summed E-state index contributed by atoms with van der Waals surface area (Å²) in [6.45, 7) is 2.38. The average Bonchev–Trinajstić information content (AvgIpc) is 2.45. The van der Waals surface area contributed by atoms with Crippen LogP contribution in [-0.2, 0) is 9.84 Å². The standard InChI is InChI=1S/C16H19NO3S/c1-12-3-7-14(8-4-12)17-11-16(18)13-5-9-15(10-6-13)21(2,19)20/h3-10,16-18H,11H2,1-2H3. The van der Waals surface area contributed by atoms with Gasteiger partial charge < -0.3 is 10.4 Å². The molecule has 1 unspecified atom stereocenters. The van der Waals surface area contributed by atoms with Crippen LogP contribution in [0.15, 0.2) is 53.4 Å². The maximum absolute atomic E-state index is 11.4. The SMILES string of the molecule is Cc1ccc(NCC(O)c2ccc(S(C)(=O)=O)cc2)cc1. The van der Waals surface area contributed by atoms with Gasteiger partial charge in [-0.1, -0.05) is 29.8 Å². The van der Waals surface area contributed by atoms with Crippen molar-refractivity contribution < 1.29 is 13.5 Å².